The van der Waals surface area contributed by atoms with E-state index in [0.29, 0.717) is 28.3 Å². The minimum atomic E-state index is -1.33. The molecule has 3 rings (SSSR count). The molecule has 0 radical (unpaired) electrons. The van der Waals surface area contributed by atoms with E-state index in [2.05, 4.69) is 17.2 Å². The second-order valence-corrected chi connectivity index (χ2v) is 9.95. The van der Waals surface area contributed by atoms with Crippen LogP contribution in [0, 0.1) is 5.82 Å². The minimum Gasteiger partial charge on any atom is -0.478 e. The first-order valence-corrected chi connectivity index (χ1v) is 12.7. The van der Waals surface area contributed by atoms with Crippen molar-refractivity contribution in [2.45, 2.75) is 51.4 Å². The van der Waals surface area contributed by atoms with Gasteiger partial charge in [0.2, 0.25) is 5.91 Å². The lowest BCUT2D eigenvalue weighted by Crippen LogP contribution is -2.29. The first kappa shape index (κ1) is 27.4. The van der Waals surface area contributed by atoms with E-state index in [1.807, 2.05) is 4.57 Å². The van der Waals surface area contributed by atoms with Crippen LogP contribution in [0.1, 0.15) is 64.9 Å². The number of nitrogens with zero attached hydrogens (tertiary/aromatic N) is 2. The van der Waals surface area contributed by atoms with Crippen molar-refractivity contribution in [2.75, 3.05) is 0 Å². The SMILES string of the molecule is CCCCc1ncc(CNC(=O)C(SC(C)=O)c2ccc(Cl)cc2)n1Cc1ccc(C(=O)O)c(F)c1. The summed E-state index contributed by atoms with van der Waals surface area (Å²) in [5.74, 6) is -1.68. The number of carboxylic acids is 1. The predicted octanol–water partition coefficient (Wildman–Crippen LogP) is 5.40. The third-order valence-electron chi connectivity index (χ3n) is 5.52. The average molecular weight is 532 g/mol. The van der Waals surface area contributed by atoms with E-state index in [9.17, 15) is 18.8 Å². The Hall–Kier alpha value is -3.17. The number of carboxylic acid groups (broad SMARTS) is 1. The molecule has 190 valence electrons. The Kier molecular flexibility index (Phi) is 9.66. The van der Waals surface area contributed by atoms with Gasteiger partial charge in [0.15, 0.2) is 5.12 Å². The van der Waals surface area contributed by atoms with Crippen molar-refractivity contribution >= 4 is 40.4 Å². The molecule has 7 nitrogen and oxygen atoms in total. The summed E-state index contributed by atoms with van der Waals surface area (Å²) in [5.41, 5.74) is 1.55. The smallest absolute Gasteiger partial charge is 0.338 e. The Balaban J connectivity index is 1.82. The maximum atomic E-state index is 14.3. The number of carbonyl (C=O) groups excluding carboxylic acids is 2. The van der Waals surface area contributed by atoms with Gasteiger partial charge in [0.05, 0.1) is 24.0 Å². The number of nitrogens with one attached hydrogen (secondary N) is 1. The first-order chi connectivity index (χ1) is 17.2. The summed E-state index contributed by atoms with van der Waals surface area (Å²) in [6.45, 7) is 3.89. The van der Waals surface area contributed by atoms with E-state index in [0.717, 1.165) is 30.4 Å². The van der Waals surface area contributed by atoms with Gasteiger partial charge in [-0.2, -0.15) is 0 Å². The van der Waals surface area contributed by atoms with Crippen molar-refractivity contribution in [1.29, 1.82) is 0 Å². The van der Waals surface area contributed by atoms with E-state index in [1.54, 1.807) is 36.5 Å². The van der Waals surface area contributed by atoms with Crippen LogP contribution < -0.4 is 5.32 Å². The van der Waals surface area contributed by atoms with Gasteiger partial charge in [0.1, 0.15) is 16.9 Å². The zero-order valence-corrected chi connectivity index (χ0v) is 21.5. The van der Waals surface area contributed by atoms with Crippen LogP contribution in [-0.4, -0.2) is 31.6 Å². The first-order valence-electron chi connectivity index (χ1n) is 11.4. The summed E-state index contributed by atoms with van der Waals surface area (Å²) in [6.07, 6.45) is 4.24. The van der Waals surface area contributed by atoms with Gasteiger partial charge in [0, 0.05) is 24.9 Å². The quantitative estimate of drug-likeness (QED) is 0.343. The molecule has 10 heteroatoms. The molecule has 0 aliphatic rings. The lowest BCUT2D eigenvalue weighted by molar-refractivity contribution is -0.121. The van der Waals surface area contributed by atoms with Crippen LogP contribution >= 0.6 is 23.4 Å². The molecule has 2 N–H and O–H groups in total. The fourth-order valence-electron chi connectivity index (χ4n) is 3.68. The topological polar surface area (TPSA) is 101 Å². The molecule has 1 amide bonds. The molecule has 1 unspecified atom stereocenters. The highest BCUT2D eigenvalue weighted by Crippen LogP contribution is 2.30. The van der Waals surface area contributed by atoms with Crippen LogP contribution in [0.3, 0.4) is 0 Å². The highest BCUT2D eigenvalue weighted by Gasteiger charge is 2.24. The zero-order valence-electron chi connectivity index (χ0n) is 20.0. The van der Waals surface area contributed by atoms with Gasteiger partial charge in [-0.05, 0) is 41.8 Å². The van der Waals surface area contributed by atoms with Gasteiger partial charge >= 0.3 is 5.97 Å². The number of carbonyl (C=O) groups is 3. The summed E-state index contributed by atoms with van der Waals surface area (Å²) in [6, 6.07) is 10.8. The summed E-state index contributed by atoms with van der Waals surface area (Å²) in [4.78, 5) is 40.5. The highest BCUT2D eigenvalue weighted by atomic mass is 35.5. The van der Waals surface area contributed by atoms with E-state index in [-0.39, 0.29) is 29.7 Å². The van der Waals surface area contributed by atoms with Gasteiger partial charge < -0.3 is 15.0 Å². The van der Waals surface area contributed by atoms with Gasteiger partial charge in [-0.15, -0.1) is 0 Å². The summed E-state index contributed by atoms with van der Waals surface area (Å²) < 4.78 is 16.2. The number of hydrogen-bond donors (Lipinski definition) is 2. The molecule has 0 aliphatic heterocycles. The number of aromatic carboxylic acids is 1. The second kappa shape index (κ2) is 12.7. The minimum absolute atomic E-state index is 0.149. The number of unbranched alkanes of at least 4 members (excludes halogenated alkanes) is 1. The van der Waals surface area contributed by atoms with Crippen LogP contribution in [0.5, 0.6) is 0 Å². The average Bonchev–Trinajstić information content (AvgIpc) is 3.21. The van der Waals surface area contributed by atoms with Crippen molar-refractivity contribution in [3.8, 4) is 0 Å². The summed E-state index contributed by atoms with van der Waals surface area (Å²) >= 11 is 6.89. The monoisotopic (exact) mass is 531 g/mol. The van der Waals surface area contributed by atoms with E-state index in [1.165, 1.54) is 19.1 Å². The van der Waals surface area contributed by atoms with Crippen LogP contribution in [-0.2, 0) is 29.1 Å². The molecule has 1 atom stereocenters. The van der Waals surface area contributed by atoms with Crippen molar-refractivity contribution in [3.63, 3.8) is 0 Å². The van der Waals surface area contributed by atoms with E-state index in [4.69, 9.17) is 16.7 Å². The van der Waals surface area contributed by atoms with Crippen LogP contribution in [0.25, 0.3) is 0 Å². The maximum Gasteiger partial charge on any atom is 0.338 e. The molecule has 36 heavy (non-hydrogen) atoms. The molecular weight excluding hydrogens is 505 g/mol. The summed E-state index contributed by atoms with van der Waals surface area (Å²) in [5, 5.41) is 11.6. The van der Waals surface area contributed by atoms with Crippen molar-refractivity contribution in [2.24, 2.45) is 0 Å². The van der Waals surface area contributed by atoms with Gasteiger partial charge in [-0.25, -0.2) is 14.2 Å². The number of hydrogen-bond acceptors (Lipinski definition) is 5. The van der Waals surface area contributed by atoms with Crippen molar-refractivity contribution in [1.82, 2.24) is 14.9 Å². The molecule has 0 saturated heterocycles. The number of halogens is 2. The molecule has 1 heterocycles. The lowest BCUT2D eigenvalue weighted by atomic mass is 10.1. The molecule has 0 bridgehead atoms. The number of benzene rings is 2. The van der Waals surface area contributed by atoms with Gasteiger partial charge in [-0.3, -0.25) is 9.59 Å². The lowest BCUT2D eigenvalue weighted by Gasteiger charge is -2.17. The number of thioether (sulfide) groups is 1. The summed E-state index contributed by atoms with van der Waals surface area (Å²) in [7, 11) is 0. The fraction of sp³-hybridized carbons (Fsp3) is 0.308. The fourth-order valence-corrected chi connectivity index (χ4v) is 4.62. The Morgan fingerprint density at radius 2 is 1.92 bits per heavy atom. The van der Waals surface area contributed by atoms with E-state index >= 15 is 0 Å². The third kappa shape index (κ3) is 7.18. The second-order valence-electron chi connectivity index (χ2n) is 8.23. The standard InChI is InChI=1S/C26H27ClFN3O4S/c1-3-4-5-23-29-13-20(31(23)15-17-6-11-21(26(34)35)22(28)12-17)14-30-25(33)24(36-16(2)32)18-7-9-19(27)10-8-18/h6-13,24H,3-5,14-15H2,1-2H3,(H,30,33)(H,34,35). The molecule has 0 saturated carbocycles. The molecule has 2 aromatic carbocycles. The number of rotatable bonds is 11. The molecule has 0 fully saturated rings. The van der Waals surface area contributed by atoms with Crippen LogP contribution in [0.2, 0.25) is 5.02 Å². The Bertz CT molecular complexity index is 1250. The highest BCUT2D eigenvalue weighted by molar-refractivity contribution is 8.14. The number of aryl methyl sites for hydroxylation is 1. The van der Waals surface area contributed by atoms with Crippen molar-refractivity contribution < 1.29 is 23.9 Å². The molecule has 1 aromatic heterocycles. The third-order valence-corrected chi connectivity index (χ3v) is 6.82. The molecule has 0 spiro atoms. The number of aromatic nitrogens is 2. The van der Waals surface area contributed by atoms with Gasteiger partial charge in [0.25, 0.3) is 0 Å². The van der Waals surface area contributed by atoms with Crippen LogP contribution in [0.4, 0.5) is 4.39 Å². The maximum absolute atomic E-state index is 14.3. The largest absolute Gasteiger partial charge is 0.478 e. The number of amides is 1. The van der Waals surface area contributed by atoms with Gasteiger partial charge in [-0.1, -0.05) is 54.9 Å². The molecular formula is C26H27ClFN3O4S. The van der Waals surface area contributed by atoms with Crippen LogP contribution in [0.15, 0.2) is 48.7 Å². The van der Waals surface area contributed by atoms with Crippen molar-refractivity contribution in [3.05, 3.63) is 87.7 Å². The Morgan fingerprint density at radius 3 is 2.53 bits per heavy atom. The van der Waals surface area contributed by atoms with E-state index < -0.39 is 17.0 Å². The number of imidazole rings is 1. The zero-order chi connectivity index (χ0) is 26.2. The Labute approximate surface area is 218 Å². The normalized spacial score (nSPS) is 11.8. The predicted molar refractivity (Wildman–Crippen MR) is 138 cm³/mol. The molecule has 3 aromatic rings. The Morgan fingerprint density at radius 1 is 1.19 bits per heavy atom. The molecule has 0 aliphatic carbocycles.